The van der Waals surface area contributed by atoms with Crippen LogP contribution in [0.4, 0.5) is 0 Å². The van der Waals surface area contributed by atoms with Crippen LogP contribution in [0, 0.1) is 51.0 Å². The second-order valence-electron chi connectivity index (χ2n) is 12.4. The van der Waals surface area contributed by atoms with Crippen LogP contribution >= 0.6 is 0 Å². The molecule has 1 aliphatic carbocycles. The molecular formula is C38H44N2Ru. The van der Waals surface area contributed by atoms with Gasteiger partial charge in [0, 0.05) is 0 Å². The van der Waals surface area contributed by atoms with Gasteiger partial charge in [-0.1, -0.05) is 0 Å². The van der Waals surface area contributed by atoms with Crippen molar-refractivity contribution < 1.29 is 16.2 Å². The molecule has 4 aromatic rings. The van der Waals surface area contributed by atoms with Gasteiger partial charge in [0.2, 0.25) is 0 Å². The predicted octanol–water partition coefficient (Wildman–Crippen LogP) is 9.65. The Kier molecular flexibility index (Phi) is 7.81. The van der Waals surface area contributed by atoms with Gasteiger partial charge < -0.3 is 0 Å². The number of hydrogen-bond acceptors (Lipinski definition) is 0. The summed E-state index contributed by atoms with van der Waals surface area (Å²) in [5.41, 5.74) is 17.7. The van der Waals surface area contributed by atoms with Crippen molar-refractivity contribution in [2.75, 3.05) is 0 Å². The SMILES string of the molecule is CC1=C(C)C(C)(C)C([C](=[Ru]=[c]2n(-c3c(C)cc(C)cc3C)ccn2-c2c(C)cc(C)cc2C)c2ccccc2)=C1C. The van der Waals surface area contributed by atoms with Crippen LogP contribution in [-0.2, 0) is 16.2 Å². The first kappa shape index (κ1) is 29.3. The molecule has 2 nitrogen and oxygen atoms in total. The fourth-order valence-corrected chi connectivity index (χ4v) is 9.89. The summed E-state index contributed by atoms with van der Waals surface area (Å²) in [6, 6.07) is 20.4. The Morgan fingerprint density at radius 3 is 1.44 bits per heavy atom. The van der Waals surface area contributed by atoms with E-state index in [0.29, 0.717) is 0 Å². The predicted molar refractivity (Wildman–Crippen MR) is 172 cm³/mol. The van der Waals surface area contributed by atoms with Crippen LogP contribution in [0.1, 0.15) is 73.6 Å². The number of rotatable bonds is 4. The average molecular weight is 630 g/mol. The summed E-state index contributed by atoms with van der Waals surface area (Å²) in [7, 11) is 0. The average Bonchev–Trinajstić information content (AvgIpc) is 3.34. The van der Waals surface area contributed by atoms with E-state index in [0.717, 1.165) is 0 Å². The van der Waals surface area contributed by atoms with Gasteiger partial charge in [-0.25, -0.2) is 0 Å². The Morgan fingerprint density at radius 1 is 0.610 bits per heavy atom. The van der Waals surface area contributed by atoms with Crippen molar-refractivity contribution in [2.45, 2.75) is 76.2 Å². The van der Waals surface area contributed by atoms with Crippen LogP contribution in [0.25, 0.3) is 11.4 Å². The third-order valence-electron chi connectivity index (χ3n) is 8.97. The summed E-state index contributed by atoms with van der Waals surface area (Å²) in [6.45, 7) is 25.2. The van der Waals surface area contributed by atoms with Gasteiger partial charge in [0.1, 0.15) is 0 Å². The number of aromatic nitrogens is 2. The van der Waals surface area contributed by atoms with Crippen LogP contribution in [0.3, 0.4) is 0 Å². The Morgan fingerprint density at radius 2 is 1.05 bits per heavy atom. The molecule has 0 saturated heterocycles. The Bertz CT molecular complexity index is 1740. The van der Waals surface area contributed by atoms with Crippen molar-refractivity contribution in [3.63, 3.8) is 0 Å². The molecular weight excluding hydrogens is 586 g/mol. The quantitative estimate of drug-likeness (QED) is 0.199. The first-order valence-electron chi connectivity index (χ1n) is 14.6. The van der Waals surface area contributed by atoms with Crippen molar-refractivity contribution in [2.24, 2.45) is 5.41 Å². The van der Waals surface area contributed by atoms with Gasteiger partial charge >= 0.3 is 255 Å². The number of imidazole rings is 1. The van der Waals surface area contributed by atoms with Gasteiger partial charge in [-0.15, -0.1) is 0 Å². The van der Waals surface area contributed by atoms with Crippen molar-refractivity contribution in [3.8, 4) is 11.4 Å². The maximum absolute atomic E-state index is 2.50. The van der Waals surface area contributed by atoms with E-state index in [1.807, 2.05) is 0 Å². The van der Waals surface area contributed by atoms with E-state index in [1.54, 1.807) is 0 Å². The standard InChI is InChI=1S/C21H24N2.C17H20.Ru/c1-14-9-16(3)20(17(4)10-14)22-7-8-23(13-22)21-18(5)11-15(2)12-19(21)6;1-12-13(2)16(17(4,5)14(12)3)11-15-9-7-6-8-10-15;/h7-12H,1-6H3;6-10H,1-5H3;. The van der Waals surface area contributed by atoms with E-state index in [9.17, 15) is 0 Å². The second kappa shape index (κ2) is 10.9. The van der Waals surface area contributed by atoms with Gasteiger partial charge in [-0.2, -0.15) is 0 Å². The van der Waals surface area contributed by atoms with Crippen molar-refractivity contribution >= 4 is 4.11 Å². The number of benzene rings is 3. The van der Waals surface area contributed by atoms with Gasteiger partial charge in [0.25, 0.3) is 0 Å². The molecule has 3 aromatic carbocycles. The zero-order chi connectivity index (χ0) is 29.8. The molecule has 0 saturated carbocycles. The third kappa shape index (κ3) is 5.08. The molecule has 0 aliphatic heterocycles. The minimum absolute atomic E-state index is 0.0122. The molecule has 41 heavy (non-hydrogen) atoms. The zero-order valence-corrected chi connectivity index (χ0v) is 28.3. The molecule has 0 radical (unpaired) electrons. The van der Waals surface area contributed by atoms with E-state index < -0.39 is 0 Å². The summed E-state index contributed by atoms with van der Waals surface area (Å²) >= 11 is -0.362. The monoisotopic (exact) mass is 630 g/mol. The molecule has 1 aromatic heterocycles. The Labute approximate surface area is 253 Å². The van der Waals surface area contributed by atoms with Crippen molar-refractivity contribution in [3.05, 3.63) is 132 Å². The molecule has 0 bridgehead atoms. The first-order valence-corrected chi connectivity index (χ1v) is 16.3. The van der Waals surface area contributed by atoms with E-state index in [1.165, 1.54) is 80.7 Å². The number of aryl methyl sites for hydroxylation is 6. The molecule has 1 heterocycles. The summed E-state index contributed by atoms with van der Waals surface area (Å²) in [5, 5.41) is 0. The van der Waals surface area contributed by atoms with E-state index in [2.05, 4.69) is 152 Å². The zero-order valence-electron chi connectivity index (χ0n) is 26.6. The maximum atomic E-state index is 2.50. The topological polar surface area (TPSA) is 9.86 Å². The summed E-state index contributed by atoms with van der Waals surface area (Å²) in [5.74, 6) is 0. The number of hydrogen-bond donors (Lipinski definition) is 0. The molecule has 0 N–H and O–H groups in total. The number of allylic oxidation sites excluding steroid dienone is 4. The van der Waals surface area contributed by atoms with Crippen LogP contribution in [-0.4, -0.2) is 13.2 Å². The summed E-state index contributed by atoms with van der Waals surface area (Å²) in [4.78, 5) is 0. The van der Waals surface area contributed by atoms with Gasteiger partial charge in [-0.05, 0) is 0 Å². The van der Waals surface area contributed by atoms with E-state index >= 15 is 0 Å². The number of nitrogens with zero attached hydrogens (tertiary/aromatic N) is 2. The normalized spacial score (nSPS) is 14.8. The van der Waals surface area contributed by atoms with Crippen LogP contribution in [0.5, 0.6) is 0 Å². The Balaban J connectivity index is 2.03. The fourth-order valence-electron chi connectivity index (χ4n) is 6.81. The Hall–Kier alpha value is -3.16. The van der Waals surface area contributed by atoms with Gasteiger partial charge in [0.15, 0.2) is 0 Å². The molecule has 0 spiro atoms. The van der Waals surface area contributed by atoms with E-state index in [4.69, 9.17) is 0 Å². The fraction of sp³-hybridized carbons (Fsp3) is 0.316. The summed E-state index contributed by atoms with van der Waals surface area (Å²) < 4.78 is 7.85. The summed E-state index contributed by atoms with van der Waals surface area (Å²) in [6.07, 6.45) is 4.59. The van der Waals surface area contributed by atoms with E-state index in [-0.39, 0.29) is 21.6 Å². The van der Waals surface area contributed by atoms with Crippen molar-refractivity contribution in [1.29, 1.82) is 0 Å². The van der Waals surface area contributed by atoms with Gasteiger partial charge in [0.05, 0.1) is 0 Å². The molecule has 0 amide bonds. The molecule has 0 atom stereocenters. The minimum atomic E-state index is -0.362. The molecule has 0 unspecified atom stereocenters. The van der Waals surface area contributed by atoms with Crippen LogP contribution in [0.15, 0.2) is 89.3 Å². The van der Waals surface area contributed by atoms with Crippen LogP contribution < -0.4 is 0 Å². The second-order valence-corrected chi connectivity index (χ2v) is 14.5. The third-order valence-corrected chi connectivity index (χ3v) is 11.6. The molecule has 1 aliphatic rings. The molecule has 5 rings (SSSR count). The van der Waals surface area contributed by atoms with Gasteiger partial charge in [-0.3, -0.25) is 0 Å². The molecule has 0 fully saturated rings. The first-order chi connectivity index (χ1) is 19.3. The molecule has 3 heteroatoms. The molecule has 214 valence electrons. The van der Waals surface area contributed by atoms with Crippen molar-refractivity contribution in [1.82, 2.24) is 9.13 Å². The van der Waals surface area contributed by atoms with Crippen LogP contribution in [0.2, 0.25) is 0 Å².